The molecular weight excluding hydrogens is 941 g/mol. The van der Waals surface area contributed by atoms with Gasteiger partial charge in [0, 0.05) is 120 Å². The molecule has 3 fully saturated rings. The number of likely N-dealkylation sites (N-methyl/N-ethyl adjacent to an activating group) is 1. The maximum Gasteiger partial charge on any atom is 0.324 e. The molecule has 1 aromatic carbocycles. The van der Waals surface area contributed by atoms with Gasteiger partial charge < -0.3 is 39.2 Å². The number of methoxy groups -OCH3 is 1. The van der Waals surface area contributed by atoms with Crippen molar-refractivity contribution in [2.45, 2.75) is 116 Å². The summed E-state index contributed by atoms with van der Waals surface area (Å²) in [6.45, 7) is 21.3. The van der Waals surface area contributed by atoms with E-state index in [0.29, 0.717) is 97.6 Å². The van der Waals surface area contributed by atoms with Gasteiger partial charge in [0.05, 0.1) is 30.7 Å². The molecule has 2 aromatic heterocycles. The number of hydrogen-bond donors (Lipinski definition) is 3. The topological polar surface area (TPSA) is 185 Å². The minimum atomic E-state index is -1.02. The summed E-state index contributed by atoms with van der Waals surface area (Å²) in [5.74, 6) is -1.71. The van der Waals surface area contributed by atoms with E-state index in [9.17, 15) is 29.1 Å². The highest BCUT2D eigenvalue weighted by molar-refractivity contribution is 5.95. The van der Waals surface area contributed by atoms with E-state index in [1.807, 2.05) is 26.8 Å². The third-order valence-electron chi connectivity index (χ3n) is 16.2. The lowest BCUT2D eigenvalue weighted by atomic mass is 9.83. The maximum absolute atomic E-state index is 14.9. The molecule has 7 heterocycles. The smallest absolute Gasteiger partial charge is 0.324 e. The maximum atomic E-state index is 14.9. The van der Waals surface area contributed by atoms with E-state index in [-0.39, 0.29) is 49.6 Å². The first-order valence-corrected chi connectivity index (χ1v) is 26.8. The van der Waals surface area contributed by atoms with Gasteiger partial charge in [0.2, 0.25) is 11.8 Å². The van der Waals surface area contributed by atoms with E-state index in [0.717, 1.165) is 51.0 Å². The number of carbonyl (C=O) groups excluding carboxylic acids is 5. The van der Waals surface area contributed by atoms with Gasteiger partial charge >= 0.3 is 12.0 Å². The average Bonchev–Trinajstić information content (AvgIpc) is 3.70. The van der Waals surface area contributed by atoms with Crippen molar-refractivity contribution < 1.29 is 38.6 Å². The number of aliphatic hydroxyl groups excluding tert-OH is 1. The molecule has 5 aliphatic rings. The number of cyclic esters (lactones) is 1. The molecule has 3 N–H and O–H groups in total. The molecular formula is C56H80N10O8. The van der Waals surface area contributed by atoms with Crippen LogP contribution in [-0.2, 0) is 41.6 Å². The fourth-order valence-electron chi connectivity index (χ4n) is 12.2. The van der Waals surface area contributed by atoms with Crippen LogP contribution in [0.5, 0.6) is 0 Å². The summed E-state index contributed by atoms with van der Waals surface area (Å²) < 4.78 is 14.4. The third kappa shape index (κ3) is 11.3. The first-order chi connectivity index (χ1) is 35.4. The number of esters is 1. The number of pyridine rings is 1. The van der Waals surface area contributed by atoms with E-state index in [1.165, 1.54) is 16.0 Å². The van der Waals surface area contributed by atoms with Crippen molar-refractivity contribution in [3.63, 3.8) is 0 Å². The van der Waals surface area contributed by atoms with Crippen molar-refractivity contribution in [3.8, 4) is 11.3 Å². The van der Waals surface area contributed by atoms with Crippen molar-refractivity contribution in [3.05, 3.63) is 72.1 Å². The van der Waals surface area contributed by atoms with Crippen LogP contribution in [0.25, 0.3) is 27.7 Å². The van der Waals surface area contributed by atoms with Gasteiger partial charge in [0.25, 0.3) is 5.91 Å². The zero-order valence-electron chi connectivity index (χ0n) is 45.0. The fraction of sp³-hybridized carbons (Fsp3) is 0.607. The normalized spacial score (nSPS) is 23.5. The second kappa shape index (κ2) is 23.1. The second-order valence-electron chi connectivity index (χ2n) is 22.2. The van der Waals surface area contributed by atoms with Gasteiger partial charge in [-0.3, -0.25) is 39.0 Å². The molecule has 0 radical (unpaired) electrons. The number of benzene rings is 1. The Balaban J connectivity index is 1.08. The third-order valence-corrected chi connectivity index (χ3v) is 16.2. The van der Waals surface area contributed by atoms with Gasteiger partial charge in [-0.15, -0.1) is 0 Å². The van der Waals surface area contributed by atoms with Crippen LogP contribution < -0.4 is 10.7 Å². The van der Waals surface area contributed by atoms with Crippen LogP contribution in [0.4, 0.5) is 4.79 Å². The van der Waals surface area contributed by atoms with Crippen LogP contribution in [0, 0.1) is 11.3 Å². The first-order valence-electron chi connectivity index (χ1n) is 26.8. The molecule has 74 heavy (non-hydrogen) atoms. The number of fused-ring (bicyclic) bond motifs is 6. The number of carbonyl (C=O) groups is 5. The lowest BCUT2D eigenvalue weighted by Gasteiger charge is -2.54. The summed E-state index contributed by atoms with van der Waals surface area (Å²) in [7, 11) is 3.34. The minimum Gasteiger partial charge on any atom is -0.464 e. The van der Waals surface area contributed by atoms with Crippen molar-refractivity contribution in [1.29, 1.82) is 0 Å². The number of aryl methyl sites for hydroxylation is 1. The van der Waals surface area contributed by atoms with Gasteiger partial charge in [0.15, 0.2) is 0 Å². The summed E-state index contributed by atoms with van der Waals surface area (Å²) in [4.78, 5) is 85.3. The molecule has 0 aliphatic carbocycles. The standard InChI is InChI=1S/C56H80N10O8/c1-10-47(68)63-27-28-64(29-30-67)56(35-63)20-25-62(26-21-56)54(72)60(8)49(37(3)4)51(69)58-45-34-61-23-13-15-40(33-61)39-18-19-46-42(31-39)43(50(65(46)11-2)41-16-12-22-57-48(41)38(5)73-9)32-55(6,7)36-74-53(71)44-17-14-24-66(59-44)52(45)70/h10,12,15-16,18-19,22,31,37-38,44-45,49,59,67H,1,11,13-14,17,20-21,23-30,32-36H2,2-9H3,(H,58,69)/t38-,44-,45-,49-/m0/s1. The van der Waals surface area contributed by atoms with Gasteiger partial charge in [-0.2, -0.15) is 0 Å². The van der Waals surface area contributed by atoms with E-state index in [4.69, 9.17) is 14.5 Å². The molecule has 402 valence electrons. The van der Waals surface area contributed by atoms with Crippen LogP contribution in [0.2, 0.25) is 0 Å². The number of nitrogens with zero attached hydrogens (tertiary/aromatic N) is 8. The van der Waals surface area contributed by atoms with E-state index in [1.54, 1.807) is 30.2 Å². The molecule has 18 nitrogen and oxygen atoms in total. The van der Waals surface area contributed by atoms with Gasteiger partial charge in [-0.25, -0.2) is 10.2 Å². The Morgan fingerprint density at radius 2 is 1.84 bits per heavy atom. The Morgan fingerprint density at radius 1 is 1.07 bits per heavy atom. The number of ether oxygens (including phenoxy) is 2. The van der Waals surface area contributed by atoms with E-state index in [2.05, 4.69) is 82.8 Å². The molecule has 6 bridgehead atoms. The van der Waals surface area contributed by atoms with Crippen molar-refractivity contribution in [1.82, 2.24) is 49.8 Å². The number of β-amino-alcohol motifs (C(OH)–C–C–N with tert-alkyl or cyclic N) is 1. The lowest BCUT2D eigenvalue weighted by Crippen LogP contribution is -2.67. The number of likely N-dealkylation sites (tertiary alicyclic amines) is 1. The summed E-state index contributed by atoms with van der Waals surface area (Å²) >= 11 is 0. The SMILES string of the molecule is C=CC(=O)N1CCN(CCO)C2(CCN(C(=O)N(C)[C@H](C(=O)N[C@H]3CN4CCC=C(C4)c4ccc5c(c4)c(c(-c4cccnc4[C@H](C)OC)n5CC)CC(C)(C)COC(=O)[C@@H]4CCCN(N4)C3=O)C(C)C)CC2)C1. The minimum absolute atomic E-state index is 0.0113. The van der Waals surface area contributed by atoms with E-state index < -0.39 is 41.0 Å². The molecule has 3 saturated heterocycles. The highest BCUT2D eigenvalue weighted by Crippen LogP contribution is 2.42. The molecule has 1 unspecified atom stereocenters. The summed E-state index contributed by atoms with van der Waals surface area (Å²) in [5.41, 5.74) is 9.62. The van der Waals surface area contributed by atoms with E-state index >= 15 is 0 Å². The molecule has 5 aliphatic heterocycles. The summed E-state index contributed by atoms with van der Waals surface area (Å²) in [6.07, 6.45) is 8.70. The number of hydrazine groups is 1. The number of amides is 5. The average molecular weight is 1020 g/mol. The van der Waals surface area contributed by atoms with Crippen molar-refractivity contribution in [2.75, 3.05) is 92.8 Å². The number of rotatable bonds is 11. The summed E-state index contributed by atoms with van der Waals surface area (Å²) in [5, 5.41) is 15.6. The Labute approximate surface area is 437 Å². The van der Waals surface area contributed by atoms with Crippen LogP contribution in [0.3, 0.4) is 0 Å². The molecule has 1 spiro atoms. The fourth-order valence-corrected chi connectivity index (χ4v) is 12.2. The molecule has 3 aromatic rings. The predicted molar refractivity (Wildman–Crippen MR) is 284 cm³/mol. The zero-order valence-corrected chi connectivity index (χ0v) is 45.0. The molecule has 8 rings (SSSR count). The van der Waals surface area contributed by atoms with Crippen molar-refractivity contribution in [2.24, 2.45) is 11.3 Å². The van der Waals surface area contributed by atoms with Crippen molar-refractivity contribution >= 4 is 46.2 Å². The number of nitrogens with one attached hydrogen (secondary N) is 2. The highest BCUT2D eigenvalue weighted by Gasteiger charge is 2.46. The van der Waals surface area contributed by atoms with Gasteiger partial charge in [-0.05, 0) is 105 Å². The number of aromatic nitrogens is 2. The monoisotopic (exact) mass is 1020 g/mol. The van der Waals surface area contributed by atoms with Crippen LogP contribution in [0.15, 0.2) is 55.3 Å². The molecule has 5 amide bonds. The zero-order chi connectivity index (χ0) is 53.1. The van der Waals surface area contributed by atoms with Crippen LogP contribution in [-0.4, -0.2) is 190 Å². The van der Waals surface area contributed by atoms with Crippen LogP contribution >= 0.6 is 0 Å². The number of hydrogen-bond acceptors (Lipinski definition) is 12. The quantitative estimate of drug-likeness (QED) is 0.176. The van der Waals surface area contributed by atoms with Gasteiger partial charge in [0.1, 0.15) is 18.1 Å². The molecule has 0 saturated carbocycles. The number of piperazine rings is 1. The number of aliphatic hydroxyl groups is 1. The predicted octanol–water partition coefficient (Wildman–Crippen LogP) is 4.86. The Morgan fingerprint density at radius 3 is 2.54 bits per heavy atom. The number of piperidine rings is 1. The molecule has 18 heteroatoms. The highest BCUT2D eigenvalue weighted by atomic mass is 16.5. The Hall–Kier alpha value is -5.66. The Kier molecular flexibility index (Phi) is 17.0. The van der Waals surface area contributed by atoms with Gasteiger partial charge in [-0.1, -0.05) is 46.4 Å². The largest absolute Gasteiger partial charge is 0.464 e. The lowest BCUT2D eigenvalue weighted by molar-refractivity contribution is -0.155. The first kappa shape index (κ1) is 54.6. The van der Waals surface area contributed by atoms with Crippen LogP contribution in [0.1, 0.15) is 96.6 Å². The summed E-state index contributed by atoms with van der Waals surface area (Å²) in [6, 6.07) is 7.72. The molecule has 5 atom stereocenters. The second-order valence-corrected chi connectivity index (χ2v) is 22.2. The number of urea groups is 1. The Bertz CT molecular complexity index is 2600.